The van der Waals surface area contributed by atoms with Crippen molar-refractivity contribution in [2.24, 2.45) is 0 Å². The number of carbonyl (C=O) groups excluding carboxylic acids is 2. The molecule has 3 aromatic rings. The molecule has 1 saturated heterocycles. The lowest BCUT2D eigenvalue weighted by molar-refractivity contribution is -0.140. The number of aromatic nitrogens is 2. The molecule has 0 unspecified atom stereocenters. The fourth-order valence-electron chi connectivity index (χ4n) is 4.43. The van der Waals surface area contributed by atoms with E-state index in [1.165, 1.54) is 6.20 Å². The number of benzene rings is 2. The molecule has 2 aromatic carbocycles. The van der Waals surface area contributed by atoms with E-state index in [2.05, 4.69) is 35.1 Å². The Morgan fingerprint density at radius 2 is 1.82 bits per heavy atom. The first-order chi connectivity index (χ1) is 16.0. The van der Waals surface area contributed by atoms with Gasteiger partial charge in [-0.3, -0.25) is 9.59 Å². The molecule has 0 radical (unpaired) electrons. The molecule has 0 saturated carbocycles. The van der Waals surface area contributed by atoms with E-state index in [1.54, 1.807) is 11.8 Å². The van der Waals surface area contributed by atoms with Crippen LogP contribution in [0.4, 0.5) is 5.95 Å². The summed E-state index contributed by atoms with van der Waals surface area (Å²) in [5.74, 6) is -0.131. The summed E-state index contributed by atoms with van der Waals surface area (Å²) >= 11 is 0. The van der Waals surface area contributed by atoms with Crippen molar-refractivity contribution in [2.45, 2.75) is 32.7 Å². The van der Waals surface area contributed by atoms with Crippen LogP contribution in [0.25, 0.3) is 11.1 Å². The first-order valence-corrected chi connectivity index (χ1v) is 11.3. The van der Waals surface area contributed by atoms with Crippen molar-refractivity contribution in [1.29, 1.82) is 0 Å². The van der Waals surface area contributed by atoms with Gasteiger partial charge in [0.15, 0.2) is 0 Å². The number of carbonyl (C=O) groups is 2. The van der Waals surface area contributed by atoms with Gasteiger partial charge in [-0.2, -0.15) is 0 Å². The van der Waals surface area contributed by atoms with Gasteiger partial charge >= 0.3 is 0 Å². The van der Waals surface area contributed by atoms with Crippen LogP contribution in [0, 0.1) is 6.92 Å². The number of nitrogens with zero attached hydrogens (tertiary/aromatic N) is 4. The van der Waals surface area contributed by atoms with Gasteiger partial charge in [0, 0.05) is 32.3 Å². The number of anilines is 1. The van der Waals surface area contributed by atoms with Gasteiger partial charge in [0.25, 0.3) is 5.91 Å². The molecule has 2 amide bonds. The van der Waals surface area contributed by atoms with Crippen molar-refractivity contribution < 1.29 is 9.59 Å². The van der Waals surface area contributed by atoms with E-state index in [4.69, 9.17) is 5.73 Å². The van der Waals surface area contributed by atoms with Gasteiger partial charge in [-0.25, -0.2) is 9.97 Å². The highest BCUT2D eigenvalue weighted by atomic mass is 16.2. The summed E-state index contributed by atoms with van der Waals surface area (Å²) in [7, 11) is 0. The van der Waals surface area contributed by atoms with Crippen LogP contribution in [0.5, 0.6) is 0 Å². The van der Waals surface area contributed by atoms with Crippen molar-refractivity contribution >= 4 is 17.8 Å². The maximum atomic E-state index is 13.5. The molecule has 4 rings (SSSR count). The molecule has 1 aromatic heterocycles. The van der Waals surface area contributed by atoms with Crippen molar-refractivity contribution in [2.75, 3.05) is 25.4 Å². The smallest absolute Gasteiger partial charge is 0.258 e. The second kappa shape index (κ2) is 9.81. The van der Waals surface area contributed by atoms with Crippen molar-refractivity contribution in [3.8, 4) is 11.1 Å². The highest BCUT2D eigenvalue weighted by Gasteiger charge is 2.38. The predicted molar refractivity (Wildman–Crippen MR) is 128 cm³/mol. The van der Waals surface area contributed by atoms with Crippen LogP contribution >= 0.6 is 0 Å². The lowest BCUT2D eigenvalue weighted by atomic mass is 9.93. The first-order valence-electron chi connectivity index (χ1n) is 11.3. The number of hydrogen-bond acceptors (Lipinski definition) is 5. The largest absolute Gasteiger partial charge is 0.368 e. The summed E-state index contributed by atoms with van der Waals surface area (Å²) in [5.41, 5.74) is 9.75. The van der Waals surface area contributed by atoms with Crippen LogP contribution in [0.2, 0.25) is 0 Å². The van der Waals surface area contributed by atoms with Crippen LogP contribution in [0.1, 0.15) is 35.0 Å². The van der Waals surface area contributed by atoms with E-state index < -0.39 is 6.04 Å². The fraction of sp³-hybridized carbons (Fsp3) is 0.308. The molecule has 1 aliphatic heterocycles. The molecule has 170 valence electrons. The average molecular weight is 444 g/mol. The Morgan fingerprint density at radius 1 is 1.09 bits per heavy atom. The third kappa shape index (κ3) is 4.72. The summed E-state index contributed by atoms with van der Waals surface area (Å²) in [4.78, 5) is 38.8. The van der Waals surface area contributed by atoms with Crippen molar-refractivity contribution in [3.05, 3.63) is 77.6 Å². The zero-order valence-electron chi connectivity index (χ0n) is 19.1. The molecule has 2 N–H and O–H groups in total. The molecule has 33 heavy (non-hydrogen) atoms. The van der Waals surface area contributed by atoms with Crippen LogP contribution in [0.15, 0.2) is 60.8 Å². The van der Waals surface area contributed by atoms with E-state index in [0.717, 1.165) is 23.1 Å². The normalized spacial score (nSPS) is 16.2. The number of nitrogen functional groups attached to an aromatic ring is 1. The molecule has 7 heteroatoms. The van der Waals surface area contributed by atoms with Gasteiger partial charge in [-0.15, -0.1) is 0 Å². The summed E-state index contributed by atoms with van der Waals surface area (Å²) < 4.78 is 0. The third-order valence-corrected chi connectivity index (χ3v) is 6.08. The Bertz CT molecular complexity index is 1150. The number of hydrogen-bond donors (Lipinski definition) is 1. The lowest BCUT2D eigenvalue weighted by Crippen LogP contribution is -2.59. The first kappa shape index (κ1) is 22.5. The molecular formula is C26H29N5O2. The minimum Gasteiger partial charge on any atom is -0.368 e. The molecule has 0 aliphatic carbocycles. The molecule has 0 bridgehead atoms. The zero-order valence-corrected chi connectivity index (χ0v) is 19.1. The summed E-state index contributed by atoms with van der Waals surface area (Å²) in [5, 5.41) is 0. The molecule has 2 heterocycles. The molecule has 1 fully saturated rings. The standard InChI is InChI=1S/C26H29N5O2/c1-3-13-30-14-15-31(24(32)22-17-28-26(27)29-18(22)2)23(25(30)33)16-20-11-7-8-12-21(20)19-9-5-4-6-10-19/h4-12,17,23H,3,13-16H2,1-2H3,(H2,27,28,29)/t23-/m0/s1. The van der Waals surface area contributed by atoms with Crippen molar-refractivity contribution in [3.63, 3.8) is 0 Å². The van der Waals surface area contributed by atoms with Gasteiger partial charge in [0.1, 0.15) is 6.04 Å². The lowest BCUT2D eigenvalue weighted by Gasteiger charge is -2.41. The van der Waals surface area contributed by atoms with Crippen molar-refractivity contribution in [1.82, 2.24) is 19.8 Å². The van der Waals surface area contributed by atoms with Gasteiger partial charge in [0.2, 0.25) is 11.9 Å². The van der Waals surface area contributed by atoms with Crippen LogP contribution in [-0.2, 0) is 11.2 Å². The van der Waals surface area contributed by atoms with Gasteiger partial charge in [-0.1, -0.05) is 61.5 Å². The van der Waals surface area contributed by atoms with E-state index in [-0.39, 0.29) is 17.8 Å². The highest BCUT2D eigenvalue weighted by molar-refractivity contribution is 5.99. The molecule has 0 spiro atoms. The Labute approximate surface area is 194 Å². The monoisotopic (exact) mass is 443 g/mol. The summed E-state index contributed by atoms with van der Waals surface area (Å²) in [6.45, 7) is 5.46. The summed E-state index contributed by atoms with van der Waals surface area (Å²) in [6, 6.07) is 17.6. The van der Waals surface area contributed by atoms with Crippen LogP contribution in [-0.4, -0.2) is 57.3 Å². The van der Waals surface area contributed by atoms with Crippen LogP contribution in [0.3, 0.4) is 0 Å². The molecule has 1 aliphatic rings. The Morgan fingerprint density at radius 3 is 2.55 bits per heavy atom. The Hall–Kier alpha value is -3.74. The number of nitrogens with two attached hydrogens (primary N) is 1. The maximum Gasteiger partial charge on any atom is 0.258 e. The Kier molecular flexibility index (Phi) is 6.68. The quantitative estimate of drug-likeness (QED) is 0.631. The predicted octanol–water partition coefficient (Wildman–Crippen LogP) is 3.34. The van der Waals surface area contributed by atoms with Gasteiger partial charge in [0.05, 0.1) is 11.3 Å². The zero-order chi connectivity index (χ0) is 23.4. The highest BCUT2D eigenvalue weighted by Crippen LogP contribution is 2.27. The number of amides is 2. The van der Waals surface area contributed by atoms with Gasteiger partial charge < -0.3 is 15.5 Å². The van der Waals surface area contributed by atoms with E-state index in [1.807, 2.05) is 41.3 Å². The minimum absolute atomic E-state index is 0.0201. The maximum absolute atomic E-state index is 13.5. The average Bonchev–Trinajstić information content (AvgIpc) is 2.82. The number of rotatable bonds is 6. The van der Waals surface area contributed by atoms with E-state index >= 15 is 0 Å². The van der Waals surface area contributed by atoms with Crippen LogP contribution < -0.4 is 5.73 Å². The number of aryl methyl sites for hydroxylation is 1. The topological polar surface area (TPSA) is 92.4 Å². The second-order valence-corrected chi connectivity index (χ2v) is 8.29. The minimum atomic E-state index is -0.598. The molecular weight excluding hydrogens is 414 g/mol. The Balaban J connectivity index is 1.70. The summed E-state index contributed by atoms with van der Waals surface area (Å²) in [6.07, 6.45) is 2.76. The van der Waals surface area contributed by atoms with E-state index in [9.17, 15) is 9.59 Å². The SMILES string of the molecule is CCCN1CCN(C(=O)c2cnc(N)nc2C)[C@@H](Cc2ccccc2-c2ccccc2)C1=O. The second-order valence-electron chi connectivity index (χ2n) is 8.29. The third-order valence-electron chi connectivity index (χ3n) is 6.08. The fourth-order valence-corrected chi connectivity index (χ4v) is 4.43. The molecule has 1 atom stereocenters. The van der Waals surface area contributed by atoms with Gasteiger partial charge in [-0.05, 0) is 30.0 Å². The molecule has 7 nitrogen and oxygen atoms in total. The van der Waals surface area contributed by atoms with E-state index in [0.29, 0.717) is 37.3 Å². The number of piperazine rings is 1.